The normalized spacial score (nSPS) is 8.20. The van der Waals surface area contributed by atoms with Crippen molar-refractivity contribution in [3.63, 3.8) is 0 Å². The quantitative estimate of drug-likeness (QED) is 0.273. The zero-order chi connectivity index (χ0) is 7.28. The molecule has 0 aliphatic heterocycles. The Hall–Kier alpha value is 1.07. The number of rotatable bonds is 3. The van der Waals surface area contributed by atoms with Crippen LogP contribution in [0.25, 0.3) is 0 Å². The largest absolute Gasteiger partial charge is 1.00 e. The minimum atomic E-state index is 0. The molecule has 10 heavy (non-hydrogen) atoms. The summed E-state index contributed by atoms with van der Waals surface area (Å²) < 4.78 is 5.31. The van der Waals surface area contributed by atoms with Gasteiger partial charge in [0.25, 0.3) is 0 Å². The maximum atomic E-state index is 4.82. The predicted octanol–water partition coefficient (Wildman–Crippen LogP) is -2.60. The van der Waals surface area contributed by atoms with E-state index in [0.717, 1.165) is 6.54 Å². The van der Waals surface area contributed by atoms with Gasteiger partial charge in [-0.25, -0.2) is 0 Å². The number of nitrogens with zero attached hydrogens (tertiary/aromatic N) is 1. The van der Waals surface area contributed by atoms with Crippen LogP contribution >= 0.6 is 12.2 Å². The molecule has 5 heteroatoms. The second-order valence-electron chi connectivity index (χ2n) is 1.68. The molecule has 0 heterocycles. The summed E-state index contributed by atoms with van der Waals surface area (Å²) in [5.74, 6) is 0. The molecule has 0 aliphatic carbocycles. The summed E-state index contributed by atoms with van der Waals surface area (Å²) in [5.41, 5.74) is 0. The van der Waals surface area contributed by atoms with Gasteiger partial charge in [0.05, 0.1) is 6.61 Å². The number of hydrogen-bond acceptors (Lipinski definition) is 3. The molecule has 0 rings (SSSR count). The third kappa shape index (κ3) is 7.18. The molecule has 0 radical (unpaired) electrons. The van der Waals surface area contributed by atoms with Crippen molar-refractivity contribution >= 4 is 29.2 Å². The van der Waals surface area contributed by atoms with E-state index in [9.17, 15) is 0 Å². The Balaban J connectivity index is 0. The smallest absolute Gasteiger partial charge is 0.411 e. The van der Waals surface area contributed by atoms with Gasteiger partial charge in [-0.2, -0.15) is 0 Å². The first kappa shape index (κ1) is 13.6. The first-order valence-corrected chi connectivity index (χ1v) is 3.41. The fourth-order valence-corrected chi connectivity index (χ4v) is 0.502. The Kier molecular flexibility index (Phi) is 11.1. The summed E-state index contributed by atoms with van der Waals surface area (Å²) in [7, 11) is 3.51. The molecule has 0 fully saturated rings. The number of ether oxygens (including phenoxy) is 1. The van der Waals surface area contributed by atoms with Crippen molar-refractivity contribution in [2.24, 2.45) is 0 Å². The molecule has 54 valence electrons. The summed E-state index contributed by atoms with van der Waals surface area (Å²) >= 11 is 9.43. The van der Waals surface area contributed by atoms with Crippen LogP contribution in [0, 0.1) is 0 Å². The van der Waals surface area contributed by atoms with Gasteiger partial charge in [-0.3, -0.25) is 0 Å². The molecule has 0 amide bonds. The van der Waals surface area contributed by atoms with Gasteiger partial charge in [-0.1, -0.05) is 4.32 Å². The minimum Gasteiger partial charge on any atom is -0.411 e. The number of hydrogen-bond donors (Lipinski definition) is 0. The van der Waals surface area contributed by atoms with Crippen molar-refractivity contribution in [3.8, 4) is 0 Å². The minimum absolute atomic E-state index is 0. The number of thiocarbonyl (C=S) groups is 1. The van der Waals surface area contributed by atoms with E-state index < -0.39 is 0 Å². The summed E-state index contributed by atoms with van der Waals surface area (Å²) in [6, 6.07) is 0. The van der Waals surface area contributed by atoms with Gasteiger partial charge in [0.2, 0.25) is 0 Å². The second kappa shape index (κ2) is 8.17. The molecule has 0 atom stereocenters. The number of methoxy groups -OCH3 is 1. The van der Waals surface area contributed by atoms with Gasteiger partial charge in [-0.05, 0) is 0 Å². The van der Waals surface area contributed by atoms with Gasteiger partial charge in [0.15, 0.2) is 0 Å². The van der Waals surface area contributed by atoms with E-state index in [4.69, 9.17) is 29.6 Å². The van der Waals surface area contributed by atoms with E-state index in [1.54, 1.807) is 12.0 Å². The van der Waals surface area contributed by atoms with Crippen LogP contribution in [0.4, 0.5) is 0 Å². The van der Waals surface area contributed by atoms with Crippen LogP contribution in [0.15, 0.2) is 0 Å². The Labute approximate surface area is 95.0 Å². The van der Waals surface area contributed by atoms with Crippen molar-refractivity contribution in [1.82, 2.24) is 4.90 Å². The molecule has 0 N–H and O–H groups in total. The maximum absolute atomic E-state index is 4.82. The van der Waals surface area contributed by atoms with Crippen LogP contribution in [0.5, 0.6) is 0 Å². The zero-order valence-electron chi connectivity index (χ0n) is 6.59. The SMILES string of the molecule is COCCN(C)C(=S)[S-].[Na+]. The Morgan fingerprint density at radius 2 is 2.20 bits per heavy atom. The third-order valence-corrected chi connectivity index (χ3v) is 1.57. The summed E-state index contributed by atoms with van der Waals surface area (Å²) in [6.45, 7) is 1.45. The molecule has 0 aromatic rings. The molecule has 0 saturated carbocycles. The molecule has 0 aromatic heterocycles. The first-order valence-electron chi connectivity index (χ1n) is 2.59. The Morgan fingerprint density at radius 1 is 1.70 bits per heavy atom. The topological polar surface area (TPSA) is 12.5 Å². The van der Waals surface area contributed by atoms with Gasteiger partial charge in [0.1, 0.15) is 0 Å². The first-order chi connectivity index (χ1) is 4.18. The van der Waals surface area contributed by atoms with Gasteiger partial charge in [-0.15, -0.1) is 0 Å². The summed E-state index contributed by atoms with van der Waals surface area (Å²) in [4.78, 5) is 1.80. The van der Waals surface area contributed by atoms with Crippen LogP contribution in [0.1, 0.15) is 0 Å². The summed E-state index contributed by atoms with van der Waals surface area (Å²) in [6.07, 6.45) is 0. The average molecular weight is 187 g/mol. The van der Waals surface area contributed by atoms with Crippen LogP contribution in [-0.2, 0) is 17.4 Å². The van der Waals surface area contributed by atoms with Gasteiger partial charge >= 0.3 is 29.6 Å². The van der Waals surface area contributed by atoms with E-state index in [-0.39, 0.29) is 29.6 Å². The predicted molar refractivity (Wildman–Crippen MR) is 44.5 cm³/mol. The van der Waals surface area contributed by atoms with Crippen LogP contribution in [0.2, 0.25) is 0 Å². The van der Waals surface area contributed by atoms with E-state index in [2.05, 4.69) is 0 Å². The van der Waals surface area contributed by atoms with Crippen molar-refractivity contribution < 1.29 is 34.3 Å². The van der Waals surface area contributed by atoms with Gasteiger partial charge < -0.3 is 34.5 Å². The second-order valence-corrected chi connectivity index (χ2v) is 2.71. The molecular weight excluding hydrogens is 177 g/mol. The fourth-order valence-electron chi connectivity index (χ4n) is 0.320. The maximum Gasteiger partial charge on any atom is 1.00 e. The van der Waals surface area contributed by atoms with Crippen LogP contribution in [-0.4, -0.2) is 36.5 Å². The molecule has 0 aromatic carbocycles. The van der Waals surface area contributed by atoms with Crippen LogP contribution < -0.4 is 29.6 Å². The third-order valence-electron chi connectivity index (χ3n) is 0.942. The van der Waals surface area contributed by atoms with Gasteiger partial charge in [0, 0.05) is 20.7 Å². The average Bonchev–Trinajstić information content (AvgIpc) is 1.82. The Bertz CT molecular complexity index is 102. The molecule has 0 unspecified atom stereocenters. The molecule has 2 nitrogen and oxygen atoms in total. The monoisotopic (exact) mass is 187 g/mol. The fraction of sp³-hybridized carbons (Fsp3) is 0.800. The molecule has 0 saturated heterocycles. The standard InChI is InChI=1S/C5H11NOS2.Na/c1-6(5(8)9)3-4-7-2;/h3-4H2,1-2H3,(H,8,9);/q;+1/p-1. The van der Waals surface area contributed by atoms with Crippen molar-refractivity contribution in [3.05, 3.63) is 0 Å². The van der Waals surface area contributed by atoms with E-state index >= 15 is 0 Å². The number of likely N-dealkylation sites (N-methyl/N-ethyl adjacent to an activating group) is 1. The molecule has 0 bridgehead atoms. The Morgan fingerprint density at radius 3 is 2.50 bits per heavy atom. The molecule has 0 spiro atoms. The molecule has 0 aliphatic rings. The zero-order valence-corrected chi connectivity index (χ0v) is 10.2. The molecular formula is C5H10NNaOS2. The van der Waals surface area contributed by atoms with Crippen molar-refractivity contribution in [2.45, 2.75) is 0 Å². The van der Waals surface area contributed by atoms with E-state index in [1.165, 1.54) is 0 Å². The van der Waals surface area contributed by atoms with E-state index in [1.807, 2.05) is 7.05 Å². The van der Waals surface area contributed by atoms with Crippen molar-refractivity contribution in [2.75, 3.05) is 27.3 Å². The van der Waals surface area contributed by atoms with Crippen LogP contribution in [0.3, 0.4) is 0 Å². The van der Waals surface area contributed by atoms with E-state index in [0.29, 0.717) is 10.9 Å². The van der Waals surface area contributed by atoms with Crippen molar-refractivity contribution in [1.29, 1.82) is 0 Å². The summed E-state index contributed by atoms with van der Waals surface area (Å²) in [5, 5.41) is 0.